The molecule has 0 bridgehead atoms. The van der Waals surface area contributed by atoms with E-state index >= 15 is 0 Å². The summed E-state index contributed by atoms with van der Waals surface area (Å²) < 4.78 is 23.9. The summed E-state index contributed by atoms with van der Waals surface area (Å²) in [6, 6.07) is 12.3. The average Bonchev–Trinajstić information content (AvgIpc) is 3.04. The summed E-state index contributed by atoms with van der Waals surface area (Å²) in [5, 5.41) is 3.84. The van der Waals surface area contributed by atoms with Gasteiger partial charge in [-0.15, -0.1) is 0 Å². The first-order valence-corrected chi connectivity index (χ1v) is 8.22. The van der Waals surface area contributed by atoms with Crippen LogP contribution in [0.1, 0.15) is 18.1 Å². The fraction of sp³-hybridized carbons (Fsp3) is 0.278. The highest BCUT2D eigenvalue weighted by Crippen LogP contribution is 2.32. The van der Waals surface area contributed by atoms with E-state index < -0.39 is 0 Å². The maximum atomic E-state index is 13.1. The number of thiocarbonyl (C=S) groups is 1. The van der Waals surface area contributed by atoms with Crippen molar-refractivity contribution in [3.8, 4) is 11.5 Å². The molecule has 4 nitrogen and oxygen atoms in total. The molecule has 1 N–H and O–H groups in total. The minimum absolute atomic E-state index is 0.240. The number of halogens is 1. The number of rotatable bonds is 5. The monoisotopic (exact) mass is 346 g/mol. The van der Waals surface area contributed by atoms with Crippen molar-refractivity contribution in [3.63, 3.8) is 0 Å². The van der Waals surface area contributed by atoms with Crippen LogP contribution in [-0.4, -0.2) is 23.4 Å². The minimum Gasteiger partial charge on any atom is -0.454 e. The Morgan fingerprint density at radius 2 is 1.75 bits per heavy atom. The minimum atomic E-state index is -0.240. The second-order valence-corrected chi connectivity index (χ2v) is 5.89. The van der Waals surface area contributed by atoms with E-state index in [-0.39, 0.29) is 12.6 Å². The fourth-order valence-electron chi connectivity index (χ4n) is 2.53. The van der Waals surface area contributed by atoms with Crippen molar-refractivity contribution in [2.75, 3.05) is 13.3 Å². The van der Waals surface area contributed by atoms with Gasteiger partial charge in [-0.25, -0.2) is 4.39 Å². The number of nitrogens with zero attached hydrogens (tertiary/aromatic N) is 1. The molecule has 0 atom stereocenters. The number of benzene rings is 2. The molecule has 2 aromatic rings. The van der Waals surface area contributed by atoms with Crippen LogP contribution in [0.2, 0.25) is 0 Å². The third-order valence-corrected chi connectivity index (χ3v) is 4.11. The van der Waals surface area contributed by atoms with Crippen LogP contribution in [0.25, 0.3) is 0 Å². The lowest BCUT2D eigenvalue weighted by atomic mass is 10.1. The molecule has 3 rings (SSSR count). The molecule has 0 saturated carbocycles. The fourth-order valence-corrected chi connectivity index (χ4v) is 2.81. The van der Waals surface area contributed by atoms with E-state index in [1.807, 2.05) is 30.0 Å². The molecule has 1 aliphatic heterocycles. The Labute approximate surface area is 146 Å². The maximum absolute atomic E-state index is 13.1. The zero-order chi connectivity index (χ0) is 16.9. The molecule has 0 radical (unpaired) electrons. The van der Waals surface area contributed by atoms with E-state index in [0.29, 0.717) is 18.2 Å². The highest BCUT2D eigenvalue weighted by molar-refractivity contribution is 7.80. The first-order valence-electron chi connectivity index (χ1n) is 7.81. The van der Waals surface area contributed by atoms with Crippen molar-refractivity contribution in [1.82, 2.24) is 10.2 Å². The second-order valence-electron chi connectivity index (χ2n) is 5.51. The molecule has 0 aliphatic carbocycles. The molecule has 0 saturated heterocycles. The van der Waals surface area contributed by atoms with Crippen molar-refractivity contribution in [2.45, 2.75) is 20.0 Å². The van der Waals surface area contributed by atoms with Gasteiger partial charge >= 0.3 is 0 Å². The van der Waals surface area contributed by atoms with E-state index in [2.05, 4.69) is 5.32 Å². The molecule has 1 aliphatic rings. The highest BCUT2D eigenvalue weighted by Gasteiger charge is 2.16. The molecule has 2 aromatic carbocycles. The lowest BCUT2D eigenvalue weighted by Crippen LogP contribution is -2.38. The smallest absolute Gasteiger partial charge is 0.231 e. The van der Waals surface area contributed by atoms with E-state index in [9.17, 15) is 4.39 Å². The summed E-state index contributed by atoms with van der Waals surface area (Å²) in [6.07, 6.45) is 0. The Kier molecular flexibility index (Phi) is 5.15. The van der Waals surface area contributed by atoms with E-state index in [1.165, 1.54) is 12.1 Å². The number of fused-ring (bicyclic) bond motifs is 1. The number of nitrogens with one attached hydrogen (secondary N) is 1. The zero-order valence-electron chi connectivity index (χ0n) is 13.4. The standard InChI is InChI=1S/C18H19FN2O2S/c1-2-20-18(24)21(10-13-3-6-15(19)7-4-13)11-14-5-8-16-17(9-14)23-12-22-16/h3-9H,2,10-12H2,1H3,(H,20,24). The molecule has 0 amide bonds. The summed E-state index contributed by atoms with van der Waals surface area (Å²) in [5.74, 6) is 1.28. The van der Waals surface area contributed by atoms with Gasteiger partial charge in [-0.05, 0) is 54.5 Å². The molecule has 0 fully saturated rings. The van der Waals surface area contributed by atoms with Crippen LogP contribution in [0.4, 0.5) is 4.39 Å². The lowest BCUT2D eigenvalue weighted by Gasteiger charge is -2.26. The van der Waals surface area contributed by atoms with Crippen LogP contribution < -0.4 is 14.8 Å². The van der Waals surface area contributed by atoms with Crippen LogP contribution in [0.3, 0.4) is 0 Å². The van der Waals surface area contributed by atoms with Crippen LogP contribution in [0, 0.1) is 5.82 Å². The van der Waals surface area contributed by atoms with E-state index in [1.54, 1.807) is 12.1 Å². The third kappa shape index (κ3) is 3.94. The van der Waals surface area contributed by atoms with Crippen LogP contribution >= 0.6 is 12.2 Å². The predicted octanol–water partition coefficient (Wildman–Crippen LogP) is 3.45. The van der Waals surface area contributed by atoms with Gasteiger partial charge in [0.05, 0.1) is 0 Å². The second kappa shape index (κ2) is 7.49. The Hall–Kier alpha value is -2.34. The maximum Gasteiger partial charge on any atom is 0.231 e. The van der Waals surface area contributed by atoms with E-state index in [4.69, 9.17) is 21.7 Å². The average molecular weight is 346 g/mol. The molecule has 24 heavy (non-hydrogen) atoms. The van der Waals surface area contributed by atoms with Gasteiger partial charge in [0.25, 0.3) is 0 Å². The molecule has 6 heteroatoms. The van der Waals surface area contributed by atoms with Gasteiger partial charge < -0.3 is 19.7 Å². The summed E-state index contributed by atoms with van der Waals surface area (Å²) in [5.41, 5.74) is 2.07. The van der Waals surface area contributed by atoms with Crippen LogP contribution in [-0.2, 0) is 13.1 Å². The van der Waals surface area contributed by atoms with Gasteiger partial charge in [0.1, 0.15) is 5.82 Å². The van der Waals surface area contributed by atoms with Gasteiger partial charge in [0.15, 0.2) is 16.6 Å². The van der Waals surface area contributed by atoms with Crippen LogP contribution in [0.5, 0.6) is 11.5 Å². The van der Waals surface area contributed by atoms with Crippen molar-refractivity contribution >= 4 is 17.3 Å². The molecular formula is C18H19FN2O2S. The van der Waals surface area contributed by atoms with Crippen molar-refractivity contribution < 1.29 is 13.9 Å². The normalized spacial score (nSPS) is 12.1. The largest absolute Gasteiger partial charge is 0.454 e. The predicted molar refractivity (Wildman–Crippen MR) is 94.5 cm³/mol. The zero-order valence-corrected chi connectivity index (χ0v) is 14.2. The Morgan fingerprint density at radius 1 is 1.08 bits per heavy atom. The molecular weight excluding hydrogens is 327 g/mol. The summed E-state index contributed by atoms with van der Waals surface area (Å²) in [4.78, 5) is 2.05. The van der Waals surface area contributed by atoms with E-state index in [0.717, 1.165) is 29.2 Å². The summed E-state index contributed by atoms with van der Waals surface area (Å²) >= 11 is 5.48. The number of hydrogen-bond acceptors (Lipinski definition) is 3. The first-order chi connectivity index (χ1) is 11.7. The van der Waals surface area contributed by atoms with Gasteiger partial charge in [-0.1, -0.05) is 18.2 Å². The Bertz CT molecular complexity index is 721. The Balaban J connectivity index is 1.76. The summed E-state index contributed by atoms with van der Waals surface area (Å²) in [7, 11) is 0. The van der Waals surface area contributed by atoms with Gasteiger partial charge in [-0.2, -0.15) is 0 Å². The molecule has 0 spiro atoms. The SMILES string of the molecule is CCNC(=S)N(Cc1ccc(F)cc1)Cc1ccc2c(c1)OCO2. The highest BCUT2D eigenvalue weighted by atomic mass is 32.1. The molecule has 126 valence electrons. The quantitative estimate of drug-likeness (QED) is 0.839. The van der Waals surface area contributed by atoms with Crippen LogP contribution in [0.15, 0.2) is 42.5 Å². The molecule has 0 unspecified atom stereocenters. The van der Waals surface area contributed by atoms with Crippen molar-refractivity contribution in [2.24, 2.45) is 0 Å². The first kappa shape index (κ1) is 16.5. The van der Waals surface area contributed by atoms with Gasteiger partial charge in [0, 0.05) is 19.6 Å². The topological polar surface area (TPSA) is 33.7 Å². The molecule has 1 heterocycles. The summed E-state index contributed by atoms with van der Waals surface area (Å²) in [6.45, 7) is 4.23. The van der Waals surface area contributed by atoms with Crippen molar-refractivity contribution in [1.29, 1.82) is 0 Å². The van der Waals surface area contributed by atoms with Crippen molar-refractivity contribution in [3.05, 3.63) is 59.4 Å². The third-order valence-electron chi connectivity index (χ3n) is 3.71. The van der Waals surface area contributed by atoms with Gasteiger partial charge in [0.2, 0.25) is 6.79 Å². The number of hydrogen-bond donors (Lipinski definition) is 1. The van der Waals surface area contributed by atoms with Gasteiger partial charge in [-0.3, -0.25) is 0 Å². The lowest BCUT2D eigenvalue weighted by molar-refractivity contribution is 0.174. The Morgan fingerprint density at radius 3 is 2.50 bits per heavy atom. The number of ether oxygens (including phenoxy) is 2. The molecule has 0 aromatic heterocycles.